The van der Waals surface area contributed by atoms with Crippen molar-refractivity contribution in [3.63, 3.8) is 0 Å². The summed E-state index contributed by atoms with van der Waals surface area (Å²) in [4.78, 5) is 11.9. The molecule has 0 aliphatic rings. The van der Waals surface area contributed by atoms with E-state index >= 15 is 0 Å². The molecule has 0 radical (unpaired) electrons. The van der Waals surface area contributed by atoms with Gasteiger partial charge in [0.2, 0.25) is 5.91 Å². The molecule has 1 unspecified atom stereocenters. The first-order valence-corrected chi connectivity index (χ1v) is 7.88. The van der Waals surface area contributed by atoms with Crippen molar-refractivity contribution in [1.82, 2.24) is 5.32 Å². The summed E-state index contributed by atoms with van der Waals surface area (Å²) in [5, 5.41) is 5.20. The van der Waals surface area contributed by atoms with Gasteiger partial charge in [0.1, 0.15) is 6.61 Å². The maximum Gasteiger partial charge on any atom is 0.246 e. The lowest BCUT2D eigenvalue weighted by atomic mass is 10.0. The van der Waals surface area contributed by atoms with Gasteiger partial charge in [-0.2, -0.15) is 0 Å². The number of ether oxygens (including phenoxy) is 2. The van der Waals surface area contributed by atoms with Crippen molar-refractivity contribution in [3.8, 4) is 0 Å². The second kappa shape index (κ2) is 11.0. The number of nitrogens with two attached hydrogens (primary N) is 1. The summed E-state index contributed by atoms with van der Waals surface area (Å²) >= 11 is 0. The summed E-state index contributed by atoms with van der Waals surface area (Å²) in [5.74, 6) is -0.176. The molecule has 0 bridgehead atoms. The number of halogens is 1. The number of carbonyl (C=O) groups excluding carboxylic acids is 1. The van der Waals surface area contributed by atoms with E-state index in [1.807, 2.05) is 37.3 Å². The lowest BCUT2D eigenvalue weighted by molar-refractivity contribution is -0.126. The molecular formula is C18H25ClN2O3. The molecule has 24 heavy (non-hydrogen) atoms. The molecule has 3 N–H and O–H groups in total. The molecular weight excluding hydrogens is 328 g/mol. The van der Waals surface area contributed by atoms with Crippen LogP contribution in [0.3, 0.4) is 0 Å². The van der Waals surface area contributed by atoms with Crippen LogP contribution >= 0.6 is 12.4 Å². The standard InChI is InChI=1S/C18H24N2O3.ClH/c1-2-22-9-10-23-13-18(21)20-17(12-19)16-8-7-14-5-3-4-6-15(14)11-16;/h3-8,11,17H,2,9-10,12-13,19H2,1H3,(H,20,21);1H. The van der Waals surface area contributed by atoms with Gasteiger partial charge in [-0.1, -0.05) is 36.4 Å². The van der Waals surface area contributed by atoms with Gasteiger partial charge in [0.15, 0.2) is 0 Å². The van der Waals surface area contributed by atoms with Crippen LogP contribution in [0.5, 0.6) is 0 Å². The summed E-state index contributed by atoms with van der Waals surface area (Å²) in [6.45, 7) is 3.81. The highest BCUT2D eigenvalue weighted by Gasteiger charge is 2.13. The van der Waals surface area contributed by atoms with Gasteiger partial charge >= 0.3 is 0 Å². The Hall–Kier alpha value is -1.66. The molecule has 5 nitrogen and oxygen atoms in total. The van der Waals surface area contributed by atoms with Crippen molar-refractivity contribution in [2.45, 2.75) is 13.0 Å². The average Bonchev–Trinajstić information content (AvgIpc) is 2.59. The number of hydrogen-bond donors (Lipinski definition) is 2. The highest BCUT2D eigenvalue weighted by molar-refractivity contribution is 5.85. The number of carbonyl (C=O) groups is 1. The molecule has 1 amide bonds. The van der Waals surface area contributed by atoms with Crippen LogP contribution in [0, 0.1) is 0 Å². The molecule has 0 spiro atoms. The quantitative estimate of drug-likeness (QED) is 0.680. The van der Waals surface area contributed by atoms with E-state index in [1.165, 1.54) is 0 Å². The van der Waals surface area contributed by atoms with E-state index in [2.05, 4.69) is 17.4 Å². The normalized spacial score (nSPS) is 11.8. The summed E-state index contributed by atoms with van der Waals surface area (Å²) in [5.41, 5.74) is 6.81. The first-order chi connectivity index (χ1) is 11.2. The summed E-state index contributed by atoms with van der Waals surface area (Å²) in [7, 11) is 0. The van der Waals surface area contributed by atoms with Crippen LogP contribution in [0.4, 0.5) is 0 Å². The van der Waals surface area contributed by atoms with Gasteiger partial charge in [-0.25, -0.2) is 0 Å². The zero-order chi connectivity index (χ0) is 16.5. The predicted molar refractivity (Wildman–Crippen MR) is 98.4 cm³/mol. The third-order valence-corrected chi connectivity index (χ3v) is 3.56. The van der Waals surface area contributed by atoms with Gasteiger partial charge < -0.3 is 20.5 Å². The van der Waals surface area contributed by atoms with Crippen molar-refractivity contribution in [2.24, 2.45) is 5.73 Å². The largest absolute Gasteiger partial charge is 0.379 e. The Labute approximate surface area is 148 Å². The Morgan fingerprint density at radius 2 is 1.83 bits per heavy atom. The molecule has 0 aliphatic heterocycles. The molecule has 1 atom stereocenters. The maximum absolute atomic E-state index is 11.9. The Bertz CT molecular complexity index is 636. The molecule has 0 fully saturated rings. The lowest BCUT2D eigenvalue weighted by Gasteiger charge is -2.18. The van der Waals surface area contributed by atoms with E-state index < -0.39 is 0 Å². The van der Waals surface area contributed by atoms with E-state index in [0.29, 0.717) is 26.4 Å². The molecule has 0 saturated carbocycles. The fourth-order valence-corrected chi connectivity index (χ4v) is 2.37. The average molecular weight is 353 g/mol. The fraction of sp³-hybridized carbons (Fsp3) is 0.389. The SMILES string of the molecule is CCOCCOCC(=O)NC(CN)c1ccc2ccccc2c1.Cl. The topological polar surface area (TPSA) is 73.6 Å². The van der Waals surface area contributed by atoms with E-state index in [1.54, 1.807) is 0 Å². The fourth-order valence-electron chi connectivity index (χ4n) is 2.37. The minimum atomic E-state index is -0.220. The van der Waals surface area contributed by atoms with Crippen LogP contribution in [-0.4, -0.2) is 38.9 Å². The van der Waals surface area contributed by atoms with Gasteiger partial charge in [0.05, 0.1) is 19.3 Å². The van der Waals surface area contributed by atoms with Gasteiger partial charge in [0, 0.05) is 13.2 Å². The van der Waals surface area contributed by atoms with E-state index in [0.717, 1.165) is 16.3 Å². The molecule has 6 heteroatoms. The maximum atomic E-state index is 11.9. The van der Waals surface area contributed by atoms with Crippen LogP contribution in [-0.2, 0) is 14.3 Å². The molecule has 2 rings (SSSR count). The second-order valence-corrected chi connectivity index (χ2v) is 5.21. The van der Waals surface area contributed by atoms with Crippen molar-refractivity contribution < 1.29 is 14.3 Å². The molecule has 0 heterocycles. The second-order valence-electron chi connectivity index (χ2n) is 5.21. The number of benzene rings is 2. The summed E-state index contributed by atoms with van der Waals surface area (Å²) < 4.78 is 10.4. The molecule has 2 aromatic carbocycles. The molecule has 0 aliphatic carbocycles. The van der Waals surface area contributed by atoms with Gasteiger partial charge in [-0.3, -0.25) is 4.79 Å². The van der Waals surface area contributed by atoms with Crippen LogP contribution in [0.25, 0.3) is 10.8 Å². The minimum Gasteiger partial charge on any atom is -0.379 e. The van der Waals surface area contributed by atoms with Crippen LogP contribution in [0.15, 0.2) is 42.5 Å². The van der Waals surface area contributed by atoms with Gasteiger partial charge in [0.25, 0.3) is 0 Å². The Balaban J connectivity index is 0.00000288. The third kappa shape index (κ3) is 6.09. The van der Waals surface area contributed by atoms with Crippen molar-refractivity contribution in [3.05, 3.63) is 48.0 Å². The predicted octanol–water partition coefficient (Wildman–Crippen LogP) is 2.43. The highest BCUT2D eigenvalue weighted by atomic mass is 35.5. The summed E-state index contributed by atoms with van der Waals surface area (Å²) in [6.07, 6.45) is 0. The molecule has 132 valence electrons. The van der Waals surface area contributed by atoms with Crippen molar-refractivity contribution in [1.29, 1.82) is 0 Å². The Kier molecular flexibility index (Phi) is 9.34. The monoisotopic (exact) mass is 352 g/mol. The third-order valence-electron chi connectivity index (χ3n) is 3.56. The van der Waals surface area contributed by atoms with Crippen LogP contribution < -0.4 is 11.1 Å². The number of nitrogens with one attached hydrogen (secondary N) is 1. The van der Waals surface area contributed by atoms with Gasteiger partial charge in [-0.15, -0.1) is 12.4 Å². The van der Waals surface area contributed by atoms with Crippen LogP contribution in [0.1, 0.15) is 18.5 Å². The zero-order valence-corrected chi connectivity index (χ0v) is 14.7. The number of fused-ring (bicyclic) bond motifs is 1. The summed E-state index contributed by atoms with van der Waals surface area (Å²) in [6, 6.07) is 14.0. The first-order valence-electron chi connectivity index (χ1n) is 7.88. The smallest absolute Gasteiger partial charge is 0.246 e. The van der Waals surface area contributed by atoms with E-state index in [4.69, 9.17) is 15.2 Å². The minimum absolute atomic E-state index is 0. The Morgan fingerprint density at radius 1 is 1.12 bits per heavy atom. The first kappa shape index (κ1) is 20.4. The zero-order valence-electron chi connectivity index (χ0n) is 13.9. The van der Waals surface area contributed by atoms with E-state index in [9.17, 15) is 4.79 Å². The van der Waals surface area contributed by atoms with Gasteiger partial charge in [-0.05, 0) is 29.3 Å². The molecule has 2 aromatic rings. The number of rotatable bonds is 9. The van der Waals surface area contributed by atoms with Crippen LogP contribution in [0.2, 0.25) is 0 Å². The highest BCUT2D eigenvalue weighted by Crippen LogP contribution is 2.20. The lowest BCUT2D eigenvalue weighted by Crippen LogP contribution is -2.35. The van der Waals surface area contributed by atoms with E-state index in [-0.39, 0.29) is 31.0 Å². The van der Waals surface area contributed by atoms with Crippen molar-refractivity contribution >= 4 is 29.1 Å². The Morgan fingerprint density at radius 3 is 2.54 bits per heavy atom. The molecule has 0 saturated heterocycles. The number of amides is 1. The molecule has 0 aromatic heterocycles. The van der Waals surface area contributed by atoms with Crippen molar-refractivity contribution in [2.75, 3.05) is 33.0 Å². The number of hydrogen-bond acceptors (Lipinski definition) is 4.